The number of nitrogens with zero attached hydrogens (tertiary/aromatic N) is 3. The Balaban J connectivity index is 1.61. The van der Waals surface area contributed by atoms with Gasteiger partial charge in [0, 0.05) is 0 Å². The van der Waals surface area contributed by atoms with Crippen molar-refractivity contribution in [2.75, 3.05) is 24.9 Å². The Morgan fingerprint density at radius 3 is 1.50 bits per heavy atom. The highest BCUT2D eigenvalue weighted by Crippen LogP contribution is 2.23. The number of hydrogen-bond acceptors (Lipinski definition) is 7. The number of methoxy groups -OCH3 is 2. The molecular formula is C25H27N7O2S2. The smallest absolute Gasteiger partial charge is 0.191 e. The van der Waals surface area contributed by atoms with Gasteiger partial charge in [-0.1, -0.05) is 30.3 Å². The lowest BCUT2D eigenvalue weighted by atomic mass is 10.2. The van der Waals surface area contributed by atoms with E-state index in [9.17, 15) is 0 Å². The minimum atomic E-state index is 0.327. The maximum Gasteiger partial charge on any atom is 0.191 e. The molecule has 1 aromatic heterocycles. The molecule has 3 rings (SSSR count). The van der Waals surface area contributed by atoms with Crippen LogP contribution in [0.5, 0.6) is 11.5 Å². The molecule has 0 unspecified atom stereocenters. The number of rotatable bonds is 8. The van der Waals surface area contributed by atoms with Gasteiger partial charge in [0.15, 0.2) is 10.2 Å². The molecule has 9 nitrogen and oxygen atoms in total. The first-order valence-corrected chi connectivity index (χ1v) is 11.7. The number of hydrazone groups is 2. The lowest BCUT2D eigenvalue weighted by Gasteiger charge is -2.12. The second-order valence-electron chi connectivity index (χ2n) is 7.33. The fourth-order valence-corrected chi connectivity index (χ4v) is 3.33. The summed E-state index contributed by atoms with van der Waals surface area (Å²) < 4.78 is 10.6. The third kappa shape index (κ3) is 7.45. The van der Waals surface area contributed by atoms with Crippen molar-refractivity contribution in [2.24, 2.45) is 10.2 Å². The SMILES string of the molecule is COc1ccccc1NC(=S)N/N=C(/C)c1cccc(/C(C)=N\NC(=S)Nc2ccccc2OC)n1. The zero-order chi connectivity index (χ0) is 25.9. The second-order valence-corrected chi connectivity index (χ2v) is 8.15. The quantitative estimate of drug-likeness (QED) is 0.193. The first kappa shape index (κ1) is 26.5. The molecule has 0 radical (unpaired) electrons. The number of hydrogen-bond donors (Lipinski definition) is 4. The van der Waals surface area contributed by atoms with Gasteiger partial charge in [-0.05, 0) is 74.7 Å². The zero-order valence-corrected chi connectivity index (χ0v) is 22.0. The molecule has 0 saturated carbocycles. The summed E-state index contributed by atoms with van der Waals surface area (Å²) in [5, 5.41) is 15.5. The highest BCUT2D eigenvalue weighted by molar-refractivity contribution is 7.80. The third-order valence-corrected chi connectivity index (χ3v) is 5.24. The zero-order valence-electron chi connectivity index (χ0n) is 20.3. The van der Waals surface area contributed by atoms with Gasteiger partial charge >= 0.3 is 0 Å². The maximum atomic E-state index is 5.34. The van der Waals surface area contributed by atoms with Crippen molar-refractivity contribution in [2.45, 2.75) is 13.8 Å². The van der Waals surface area contributed by atoms with Gasteiger partial charge in [0.25, 0.3) is 0 Å². The molecule has 0 spiro atoms. The monoisotopic (exact) mass is 521 g/mol. The summed E-state index contributed by atoms with van der Waals surface area (Å²) in [4.78, 5) is 4.64. The van der Waals surface area contributed by atoms with Crippen molar-refractivity contribution < 1.29 is 9.47 Å². The molecule has 2 aromatic carbocycles. The van der Waals surface area contributed by atoms with Crippen molar-refractivity contribution in [1.82, 2.24) is 15.8 Å². The van der Waals surface area contributed by atoms with Crippen LogP contribution in [0, 0.1) is 0 Å². The van der Waals surface area contributed by atoms with E-state index in [2.05, 4.69) is 36.7 Å². The predicted octanol–water partition coefficient (Wildman–Crippen LogP) is 4.52. The molecule has 0 aliphatic rings. The van der Waals surface area contributed by atoms with Crippen LogP contribution in [0.2, 0.25) is 0 Å². The molecular weight excluding hydrogens is 494 g/mol. The van der Waals surface area contributed by atoms with Gasteiger partial charge in [0.05, 0.1) is 48.4 Å². The lowest BCUT2D eigenvalue weighted by Crippen LogP contribution is -2.26. The van der Waals surface area contributed by atoms with E-state index in [1.54, 1.807) is 14.2 Å². The molecule has 3 aromatic rings. The topological polar surface area (TPSA) is 104 Å². The molecule has 0 aliphatic carbocycles. The average Bonchev–Trinajstić information content (AvgIpc) is 2.91. The molecule has 0 saturated heterocycles. The molecule has 186 valence electrons. The average molecular weight is 522 g/mol. The fraction of sp³-hybridized carbons (Fsp3) is 0.160. The lowest BCUT2D eigenvalue weighted by molar-refractivity contribution is 0.417. The standard InChI is InChI=1S/C25H27N7O2S2/c1-16(29-31-24(35)27-20-10-5-7-14-22(20)33-3)18-12-9-13-19(26-18)17(2)30-32-25(36)28-21-11-6-8-15-23(21)34-4/h5-15H,1-4H3,(H2,27,31,35)(H2,28,32,36)/b29-16-,30-17-. The molecule has 0 aliphatic heterocycles. The molecule has 4 N–H and O–H groups in total. The Kier molecular flexibility index (Phi) is 9.66. The number of pyridine rings is 1. The van der Waals surface area contributed by atoms with Crippen LogP contribution in [0.4, 0.5) is 11.4 Å². The fourth-order valence-electron chi connectivity index (χ4n) is 3.02. The van der Waals surface area contributed by atoms with Crippen LogP contribution in [0.15, 0.2) is 76.9 Å². The van der Waals surface area contributed by atoms with E-state index in [1.165, 1.54) is 0 Å². The molecule has 0 fully saturated rings. The van der Waals surface area contributed by atoms with E-state index < -0.39 is 0 Å². The molecule has 36 heavy (non-hydrogen) atoms. The van der Waals surface area contributed by atoms with Crippen LogP contribution >= 0.6 is 24.4 Å². The van der Waals surface area contributed by atoms with Crippen LogP contribution in [0.3, 0.4) is 0 Å². The number of anilines is 2. The Morgan fingerprint density at radius 2 is 1.08 bits per heavy atom. The van der Waals surface area contributed by atoms with Crippen molar-refractivity contribution in [3.05, 3.63) is 78.1 Å². The summed E-state index contributed by atoms with van der Waals surface area (Å²) in [7, 11) is 3.20. The number of thiocarbonyl (C=S) groups is 2. The summed E-state index contributed by atoms with van der Waals surface area (Å²) in [6, 6.07) is 20.5. The maximum absolute atomic E-state index is 5.34. The van der Waals surface area contributed by atoms with Gasteiger partial charge in [-0.15, -0.1) is 0 Å². The van der Waals surface area contributed by atoms with E-state index >= 15 is 0 Å². The number of para-hydroxylation sites is 4. The van der Waals surface area contributed by atoms with Gasteiger partial charge in [0.2, 0.25) is 0 Å². The summed E-state index contributed by atoms with van der Waals surface area (Å²) in [5.41, 5.74) is 9.79. The highest BCUT2D eigenvalue weighted by Gasteiger charge is 2.07. The van der Waals surface area contributed by atoms with Gasteiger partial charge in [-0.25, -0.2) is 4.98 Å². The van der Waals surface area contributed by atoms with Crippen LogP contribution in [-0.4, -0.2) is 40.9 Å². The Morgan fingerprint density at radius 1 is 0.667 bits per heavy atom. The summed E-state index contributed by atoms with van der Waals surface area (Å²) in [5.74, 6) is 1.36. The van der Waals surface area contributed by atoms with Crippen LogP contribution in [-0.2, 0) is 0 Å². The molecule has 0 atom stereocenters. The number of benzene rings is 2. The molecule has 0 amide bonds. The first-order valence-electron chi connectivity index (χ1n) is 10.9. The largest absolute Gasteiger partial charge is 0.495 e. The van der Waals surface area contributed by atoms with Gasteiger partial charge in [0.1, 0.15) is 11.5 Å². The van der Waals surface area contributed by atoms with Crippen LogP contribution < -0.4 is 31.0 Å². The number of aromatic nitrogens is 1. The normalized spacial score (nSPS) is 11.3. The third-order valence-electron chi connectivity index (χ3n) is 4.85. The van der Waals surface area contributed by atoms with Gasteiger partial charge in [-0.2, -0.15) is 10.2 Å². The Labute approximate surface area is 221 Å². The van der Waals surface area contributed by atoms with E-state index in [1.807, 2.05) is 80.6 Å². The highest BCUT2D eigenvalue weighted by atomic mass is 32.1. The number of ether oxygens (including phenoxy) is 2. The van der Waals surface area contributed by atoms with Crippen molar-refractivity contribution in [3.63, 3.8) is 0 Å². The molecule has 11 heteroatoms. The van der Waals surface area contributed by atoms with E-state index in [0.29, 0.717) is 44.5 Å². The van der Waals surface area contributed by atoms with Crippen LogP contribution in [0.25, 0.3) is 0 Å². The van der Waals surface area contributed by atoms with E-state index in [-0.39, 0.29) is 0 Å². The number of nitrogens with one attached hydrogen (secondary N) is 4. The Hall–Kier alpha value is -4.09. The van der Waals surface area contributed by atoms with Gasteiger partial charge < -0.3 is 20.1 Å². The molecule has 0 bridgehead atoms. The summed E-state index contributed by atoms with van der Waals surface area (Å²) in [6.07, 6.45) is 0. The van der Waals surface area contributed by atoms with E-state index in [4.69, 9.17) is 33.9 Å². The summed E-state index contributed by atoms with van der Waals surface area (Å²) >= 11 is 10.7. The van der Waals surface area contributed by atoms with Gasteiger partial charge in [-0.3, -0.25) is 10.9 Å². The van der Waals surface area contributed by atoms with Crippen molar-refractivity contribution in [1.29, 1.82) is 0 Å². The van der Waals surface area contributed by atoms with Crippen molar-refractivity contribution >= 4 is 57.5 Å². The summed E-state index contributed by atoms with van der Waals surface area (Å²) in [6.45, 7) is 3.67. The van der Waals surface area contributed by atoms with E-state index in [0.717, 1.165) is 11.4 Å². The minimum absolute atomic E-state index is 0.327. The van der Waals surface area contributed by atoms with Crippen LogP contribution in [0.1, 0.15) is 25.2 Å². The Bertz CT molecular complexity index is 1200. The molecule has 1 heterocycles. The first-order chi connectivity index (χ1) is 17.4. The second kappa shape index (κ2) is 13.1. The minimum Gasteiger partial charge on any atom is -0.495 e. The van der Waals surface area contributed by atoms with Crippen molar-refractivity contribution in [3.8, 4) is 11.5 Å². The predicted molar refractivity (Wildman–Crippen MR) is 153 cm³/mol.